The van der Waals surface area contributed by atoms with Crippen molar-refractivity contribution in [1.29, 1.82) is 0 Å². The normalized spacial score (nSPS) is 15.5. The molecule has 0 saturated carbocycles. The van der Waals surface area contributed by atoms with Gasteiger partial charge in [0.25, 0.3) is 0 Å². The minimum atomic E-state index is -4.43. The minimum absolute atomic E-state index is 0.111. The van der Waals surface area contributed by atoms with Gasteiger partial charge in [-0.1, -0.05) is 12.1 Å². The monoisotopic (exact) mass is 483 g/mol. The van der Waals surface area contributed by atoms with Gasteiger partial charge in [0.05, 0.1) is 17.9 Å². The molecule has 0 saturated heterocycles. The average Bonchev–Trinajstić information content (AvgIpc) is 3.27. The van der Waals surface area contributed by atoms with Gasteiger partial charge in [-0.25, -0.2) is 9.97 Å². The number of fused-ring (bicyclic) bond motifs is 1. The molecule has 0 spiro atoms. The van der Waals surface area contributed by atoms with Crippen LogP contribution >= 0.6 is 11.9 Å². The van der Waals surface area contributed by atoms with E-state index in [1.54, 1.807) is 48.5 Å². The Kier molecular flexibility index (Phi) is 5.91. The molecule has 2 aromatic heterocycles. The van der Waals surface area contributed by atoms with Crippen LogP contribution in [-0.4, -0.2) is 26.4 Å². The summed E-state index contributed by atoms with van der Waals surface area (Å²) in [6.45, 7) is 0.465. The lowest BCUT2D eigenvalue weighted by Gasteiger charge is -2.28. The molecule has 1 aliphatic heterocycles. The van der Waals surface area contributed by atoms with Crippen molar-refractivity contribution in [3.8, 4) is 17.0 Å². The maximum Gasteiger partial charge on any atom is 0.416 e. The van der Waals surface area contributed by atoms with E-state index in [4.69, 9.17) is 4.74 Å². The van der Waals surface area contributed by atoms with Crippen molar-refractivity contribution in [3.05, 3.63) is 83.8 Å². The van der Waals surface area contributed by atoms with Gasteiger partial charge in [-0.2, -0.15) is 18.3 Å². The summed E-state index contributed by atoms with van der Waals surface area (Å²) in [4.78, 5) is 9.18. The second kappa shape index (κ2) is 9.02. The van der Waals surface area contributed by atoms with Crippen molar-refractivity contribution in [2.75, 3.05) is 11.3 Å². The molecule has 5 rings (SSSR count). The predicted octanol–water partition coefficient (Wildman–Crippen LogP) is 5.93. The Hall–Kier alpha value is -3.53. The highest BCUT2D eigenvalue weighted by molar-refractivity contribution is 8.00. The molecule has 1 atom stereocenters. The van der Waals surface area contributed by atoms with Crippen molar-refractivity contribution in [3.63, 3.8) is 0 Å². The van der Waals surface area contributed by atoms with E-state index in [-0.39, 0.29) is 5.92 Å². The fourth-order valence-corrected chi connectivity index (χ4v) is 4.73. The van der Waals surface area contributed by atoms with E-state index in [0.29, 0.717) is 36.0 Å². The van der Waals surface area contributed by atoms with E-state index in [2.05, 4.69) is 19.8 Å². The van der Waals surface area contributed by atoms with Gasteiger partial charge in [0.1, 0.15) is 5.75 Å². The molecular weight excluding hydrogens is 463 g/mol. The van der Waals surface area contributed by atoms with Gasteiger partial charge in [-0.15, -0.1) is 0 Å². The number of nitrogens with one attached hydrogen (secondary N) is 1. The third-order valence-corrected chi connectivity index (χ3v) is 6.48. The predicted molar refractivity (Wildman–Crippen MR) is 124 cm³/mol. The average molecular weight is 484 g/mol. The highest BCUT2D eigenvalue weighted by atomic mass is 32.2. The Morgan fingerprint density at radius 3 is 2.56 bits per heavy atom. The van der Waals surface area contributed by atoms with Crippen molar-refractivity contribution in [2.45, 2.75) is 23.4 Å². The van der Waals surface area contributed by atoms with Crippen molar-refractivity contribution < 1.29 is 17.9 Å². The lowest BCUT2D eigenvalue weighted by Crippen LogP contribution is -2.17. The Morgan fingerprint density at radius 2 is 1.82 bits per heavy atom. The van der Waals surface area contributed by atoms with Crippen LogP contribution in [0.5, 0.6) is 5.75 Å². The van der Waals surface area contributed by atoms with E-state index >= 15 is 0 Å². The summed E-state index contributed by atoms with van der Waals surface area (Å²) in [5.74, 6) is 1.10. The maximum atomic E-state index is 13.5. The van der Waals surface area contributed by atoms with Gasteiger partial charge in [0, 0.05) is 47.6 Å². The summed E-state index contributed by atoms with van der Waals surface area (Å²) in [6.07, 6.45) is 1.12. The number of anilines is 1. The van der Waals surface area contributed by atoms with Crippen LogP contribution in [-0.2, 0) is 13.2 Å². The van der Waals surface area contributed by atoms with Crippen LogP contribution in [0.4, 0.5) is 19.1 Å². The molecule has 1 aliphatic rings. The third-order valence-electron chi connectivity index (χ3n) is 5.70. The van der Waals surface area contributed by atoms with Crippen molar-refractivity contribution >= 4 is 17.9 Å². The molecule has 0 aliphatic carbocycles. The SMILES string of the molecule is Cn1nccc1-c1cc(C(F)(F)F)ccc1C1CCOc2cc(SNc3ncccn3)ccc21. The Balaban J connectivity index is 1.50. The van der Waals surface area contributed by atoms with Gasteiger partial charge >= 0.3 is 6.18 Å². The highest BCUT2D eigenvalue weighted by Gasteiger charge is 2.33. The van der Waals surface area contributed by atoms with Gasteiger partial charge < -0.3 is 4.74 Å². The first-order valence-corrected chi connectivity index (χ1v) is 11.4. The van der Waals surface area contributed by atoms with E-state index in [1.807, 2.05) is 18.2 Å². The van der Waals surface area contributed by atoms with Crippen LogP contribution in [0.25, 0.3) is 11.3 Å². The lowest BCUT2D eigenvalue weighted by molar-refractivity contribution is -0.137. The molecule has 3 heterocycles. The van der Waals surface area contributed by atoms with E-state index in [1.165, 1.54) is 18.0 Å². The molecule has 34 heavy (non-hydrogen) atoms. The van der Waals surface area contributed by atoms with Crippen molar-refractivity contribution in [1.82, 2.24) is 19.7 Å². The number of halogens is 3. The Labute approximate surface area is 198 Å². The summed E-state index contributed by atoms with van der Waals surface area (Å²) in [7, 11) is 1.73. The molecule has 174 valence electrons. The number of hydrogen-bond acceptors (Lipinski definition) is 6. The Morgan fingerprint density at radius 1 is 1.03 bits per heavy atom. The van der Waals surface area contributed by atoms with Crippen LogP contribution < -0.4 is 9.46 Å². The molecule has 1 unspecified atom stereocenters. The zero-order valence-corrected chi connectivity index (χ0v) is 18.9. The zero-order valence-electron chi connectivity index (χ0n) is 18.1. The van der Waals surface area contributed by atoms with E-state index in [0.717, 1.165) is 22.1 Å². The first-order chi connectivity index (χ1) is 16.4. The van der Waals surface area contributed by atoms with Crippen molar-refractivity contribution in [2.24, 2.45) is 7.05 Å². The first kappa shape index (κ1) is 22.3. The summed E-state index contributed by atoms with van der Waals surface area (Å²) < 4.78 is 51.1. The lowest BCUT2D eigenvalue weighted by atomic mass is 9.83. The molecule has 1 N–H and O–H groups in total. The number of ether oxygens (including phenoxy) is 1. The van der Waals surface area contributed by atoms with E-state index < -0.39 is 11.7 Å². The van der Waals surface area contributed by atoms with Crippen LogP contribution in [0.1, 0.15) is 29.0 Å². The Bertz CT molecular complexity index is 1310. The molecule has 10 heteroatoms. The molecule has 0 bridgehead atoms. The fourth-order valence-electron chi connectivity index (χ4n) is 4.11. The number of benzene rings is 2. The molecule has 0 radical (unpaired) electrons. The number of nitrogens with zero attached hydrogens (tertiary/aromatic N) is 4. The first-order valence-electron chi connectivity index (χ1n) is 10.6. The van der Waals surface area contributed by atoms with Gasteiger partial charge in [-0.3, -0.25) is 9.40 Å². The molecule has 4 aromatic rings. The van der Waals surface area contributed by atoms with E-state index in [9.17, 15) is 13.2 Å². The molecule has 2 aromatic carbocycles. The van der Waals surface area contributed by atoms with Crippen LogP contribution in [0.2, 0.25) is 0 Å². The summed E-state index contributed by atoms with van der Waals surface area (Å²) in [5.41, 5.74) is 2.23. The summed E-state index contributed by atoms with van der Waals surface area (Å²) >= 11 is 1.36. The molecular formula is C24H20F3N5OS. The number of hydrogen-bond donors (Lipinski definition) is 1. The van der Waals surface area contributed by atoms with Gasteiger partial charge in [0.2, 0.25) is 5.95 Å². The molecule has 0 amide bonds. The number of alkyl halides is 3. The van der Waals surface area contributed by atoms with Gasteiger partial charge in [-0.05, 0) is 60.3 Å². The van der Waals surface area contributed by atoms with Crippen LogP contribution in [0, 0.1) is 0 Å². The van der Waals surface area contributed by atoms with Crippen LogP contribution in [0.15, 0.2) is 72.0 Å². The zero-order chi connectivity index (χ0) is 23.7. The highest BCUT2D eigenvalue weighted by Crippen LogP contribution is 2.44. The largest absolute Gasteiger partial charge is 0.493 e. The smallest absolute Gasteiger partial charge is 0.416 e. The number of rotatable bonds is 5. The quantitative estimate of drug-likeness (QED) is 0.355. The van der Waals surface area contributed by atoms with Gasteiger partial charge in [0.15, 0.2) is 0 Å². The second-order valence-corrected chi connectivity index (χ2v) is 8.69. The topological polar surface area (TPSA) is 64.9 Å². The molecule has 0 fully saturated rings. The third kappa shape index (κ3) is 4.45. The number of aryl methyl sites for hydroxylation is 1. The van der Waals surface area contributed by atoms with Crippen LogP contribution in [0.3, 0.4) is 0 Å². The number of aromatic nitrogens is 4. The summed E-state index contributed by atoms with van der Waals surface area (Å²) in [5, 5.41) is 4.16. The summed E-state index contributed by atoms with van der Waals surface area (Å²) in [6, 6.07) is 13.3. The maximum absolute atomic E-state index is 13.5. The minimum Gasteiger partial charge on any atom is -0.493 e. The fraction of sp³-hybridized carbons (Fsp3) is 0.208. The second-order valence-electron chi connectivity index (χ2n) is 7.81. The standard InChI is InChI=1S/C24H20F3N5OS/c1-32-21(7-11-30-32)20-13-15(24(25,26)27)3-5-17(20)18-8-12-33-22-14-16(4-6-19(18)22)34-31-23-28-9-2-10-29-23/h2-7,9-11,13-14,18H,8,12H2,1H3,(H,28,29,31). The molecule has 6 nitrogen and oxygen atoms in total.